The molecule has 0 aromatic heterocycles. The summed E-state index contributed by atoms with van der Waals surface area (Å²) in [4.78, 5) is 24.8. The van der Waals surface area contributed by atoms with Gasteiger partial charge in [0.2, 0.25) is 0 Å². The Kier molecular flexibility index (Phi) is 15.0. The zero-order valence-corrected chi connectivity index (χ0v) is 30.8. The van der Waals surface area contributed by atoms with E-state index in [1.165, 1.54) is 51.4 Å². The summed E-state index contributed by atoms with van der Waals surface area (Å²) in [6, 6.07) is 31.5. The summed E-state index contributed by atoms with van der Waals surface area (Å²) in [5.74, 6) is 12.4. The first-order valence-corrected chi connectivity index (χ1v) is 19.1. The topological polar surface area (TPSA) is 52.6 Å². The van der Waals surface area contributed by atoms with Crippen molar-refractivity contribution in [3.8, 4) is 23.7 Å². The molecular weight excluding hydrogens is 641 g/mol. The standard InChI is InChI=1S/C48H50O4/c1-3-5-7-9-11-13-31-51-47(49)41-25-19-37(20-26-41)15-17-39-23-29-43-36-46-34-40(24-30-44(46)35-45(43)33-39)18-16-38-21-27-42(28-22-38)48(50)52-32-14-12-10-8-6-4-2/h19-30,33-36H,3-14,31-32H2,1-2H3. The van der Waals surface area contributed by atoms with Crippen LogP contribution in [-0.2, 0) is 9.47 Å². The first kappa shape index (κ1) is 37.9. The van der Waals surface area contributed by atoms with Crippen molar-refractivity contribution in [2.75, 3.05) is 13.2 Å². The van der Waals surface area contributed by atoms with E-state index in [4.69, 9.17) is 9.47 Å². The summed E-state index contributed by atoms with van der Waals surface area (Å²) in [7, 11) is 0. The summed E-state index contributed by atoms with van der Waals surface area (Å²) < 4.78 is 10.9. The molecule has 266 valence electrons. The van der Waals surface area contributed by atoms with Crippen molar-refractivity contribution in [1.82, 2.24) is 0 Å². The van der Waals surface area contributed by atoms with Crippen LogP contribution in [0.4, 0.5) is 0 Å². The second-order valence-electron chi connectivity index (χ2n) is 13.4. The number of ether oxygens (including phenoxy) is 2. The highest BCUT2D eigenvalue weighted by atomic mass is 16.5. The van der Waals surface area contributed by atoms with Crippen molar-refractivity contribution in [3.05, 3.63) is 130 Å². The molecule has 0 aliphatic carbocycles. The van der Waals surface area contributed by atoms with E-state index >= 15 is 0 Å². The van der Waals surface area contributed by atoms with E-state index < -0.39 is 0 Å². The second kappa shape index (κ2) is 20.5. The number of benzene rings is 5. The number of hydrogen-bond acceptors (Lipinski definition) is 4. The third-order valence-electron chi connectivity index (χ3n) is 9.20. The Morgan fingerprint density at radius 2 is 0.750 bits per heavy atom. The lowest BCUT2D eigenvalue weighted by Gasteiger charge is -2.05. The van der Waals surface area contributed by atoms with E-state index in [9.17, 15) is 9.59 Å². The van der Waals surface area contributed by atoms with Crippen LogP contribution >= 0.6 is 0 Å². The van der Waals surface area contributed by atoms with Gasteiger partial charge in [0.05, 0.1) is 24.3 Å². The third kappa shape index (κ3) is 11.9. The summed E-state index contributed by atoms with van der Waals surface area (Å²) in [5, 5.41) is 4.50. The maximum atomic E-state index is 12.4. The van der Waals surface area contributed by atoms with E-state index in [-0.39, 0.29) is 11.9 Å². The van der Waals surface area contributed by atoms with Crippen molar-refractivity contribution in [1.29, 1.82) is 0 Å². The van der Waals surface area contributed by atoms with Crippen LogP contribution < -0.4 is 0 Å². The van der Waals surface area contributed by atoms with Gasteiger partial charge in [0.25, 0.3) is 0 Å². The molecule has 5 rings (SSSR count). The summed E-state index contributed by atoms with van der Waals surface area (Å²) in [5.41, 5.74) is 4.64. The van der Waals surface area contributed by atoms with Gasteiger partial charge in [0, 0.05) is 22.3 Å². The largest absolute Gasteiger partial charge is 0.462 e. The fourth-order valence-electron chi connectivity index (χ4n) is 6.08. The molecule has 0 bridgehead atoms. The second-order valence-corrected chi connectivity index (χ2v) is 13.4. The van der Waals surface area contributed by atoms with E-state index in [1.54, 1.807) is 24.3 Å². The Morgan fingerprint density at radius 1 is 0.404 bits per heavy atom. The zero-order chi connectivity index (χ0) is 36.4. The van der Waals surface area contributed by atoms with Crippen molar-refractivity contribution < 1.29 is 19.1 Å². The fraction of sp³-hybridized carbons (Fsp3) is 0.333. The van der Waals surface area contributed by atoms with E-state index in [0.29, 0.717) is 24.3 Å². The maximum absolute atomic E-state index is 12.4. The maximum Gasteiger partial charge on any atom is 0.338 e. The molecule has 52 heavy (non-hydrogen) atoms. The third-order valence-corrected chi connectivity index (χ3v) is 9.20. The average molecular weight is 691 g/mol. The molecule has 0 aliphatic rings. The predicted molar refractivity (Wildman–Crippen MR) is 214 cm³/mol. The molecule has 0 spiro atoms. The normalized spacial score (nSPS) is 10.7. The van der Waals surface area contributed by atoms with Crippen LogP contribution in [0.2, 0.25) is 0 Å². The molecule has 0 saturated heterocycles. The smallest absolute Gasteiger partial charge is 0.338 e. The minimum absolute atomic E-state index is 0.280. The molecule has 4 nitrogen and oxygen atoms in total. The van der Waals surface area contributed by atoms with Gasteiger partial charge in [-0.25, -0.2) is 9.59 Å². The van der Waals surface area contributed by atoms with Gasteiger partial charge in [-0.05, 0) is 119 Å². The Hall–Kier alpha value is -5.32. The zero-order valence-electron chi connectivity index (χ0n) is 30.8. The van der Waals surface area contributed by atoms with Gasteiger partial charge < -0.3 is 9.47 Å². The Bertz CT molecular complexity index is 1900. The fourth-order valence-corrected chi connectivity index (χ4v) is 6.08. The van der Waals surface area contributed by atoms with Crippen molar-refractivity contribution >= 4 is 33.5 Å². The molecule has 0 saturated carbocycles. The van der Waals surface area contributed by atoms with Crippen molar-refractivity contribution in [2.45, 2.75) is 90.9 Å². The SMILES string of the molecule is CCCCCCCCOC(=O)c1ccc(C#Cc2ccc3cc4cc(C#Cc5ccc(C(=O)OCCCCCCCC)cc5)ccc4cc3c2)cc1. The van der Waals surface area contributed by atoms with Crippen LogP contribution in [-0.4, -0.2) is 25.2 Å². The average Bonchev–Trinajstić information content (AvgIpc) is 3.18. The van der Waals surface area contributed by atoms with E-state index in [0.717, 1.165) is 69.5 Å². The predicted octanol–water partition coefficient (Wildman–Crippen LogP) is 11.8. The van der Waals surface area contributed by atoms with E-state index in [1.807, 2.05) is 36.4 Å². The minimum Gasteiger partial charge on any atom is -0.462 e. The van der Waals surface area contributed by atoms with Crippen LogP contribution in [0.15, 0.2) is 97.1 Å². The Morgan fingerprint density at radius 3 is 1.15 bits per heavy atom. The van der Waals surface area contributed by atoms with Crippen LogP contribution in [0.5, 0.6) is 0 Å². The number of esters is 2. The summed E-state index contributed by atoms with van der Waals surface area (Å²) in [6.45, 7) is 5.35. The Labute approximate surface area is 309 Å². The van der Waals surface area contributed by atoms with Crippen molar-refractivity contribution in [3.63, 3.8) is 0 Å². The number of carbonyl (C=O) groups excluding carboxylic acids is 2. The number of carbonyl (C=O) groups is 2. The number of unbranched alkanes of at least 4 members (excludes halogenated alkanes) is 10. The molecule has 0 amide bonds. The first-order chi connectivity index (χ1) is 25.5. The molecule has 0 fully saturated rings. The number of rotatable bonds is 16. The molecule has 0 N–H and O–H groups in total. The molecule has 0 radical (unpaired) electrons. The van der Waals surface area contributed by atoms with Gasteiger partial charge in [0.15, 0.2) is 0 Å². The molecule has 0 aliphatic heterocycles. The highest BCUT2D eigenvalue weighted by Gasteiger charge is 2.08. The minimum atomic E-state index is -0.280. The molecule has 0 atom stereocenters. The van der Waals surface area contributed by atoms with Gasteiger partial charge in [-0.3, -0.25) is 0 Å². The number of hydrogen-bond donors (Lipinski definition) is 0. The van der Waals surface area contributed by atoms with Crippen molar-refractivity contribution in [2.24, 2.45) is 0 Å². The Balaban J connectivity index is 1.14. The molecule has 4 heteroatoms. The van der Waals surface area contributed by atoms with E-state index in [2.05, 4.69) is 73.9 Å². The lowest BCUT2D eigenvalue weighted by atomic mass is 10.00. The lowest BCUT2D eigenvalue weighted by molar-refractivity contribution is 0.0488. The highest BCUT2D eigenvalue weighted by Crippen LogP contribution is 2.25. The quantitative estimate of drug-likeness (QED) is 0.0447. The van der Waals surface area contributed by atoms with Crippen LogP contribution in [0.3, 0.4) is 0 Å². The van der Waals surface area contributed by atoms with Crippen LogP contribution in [0.1, 0.15) is 134 Å². The number of fused-ring (bicyclic) bond motifs is 2. The first-order valence-electron chi connectivity index (χ1n) is 19.1. The van der Waals surface area contributed by atoms with Crippen LogP contribution in [0, 0.1) is 23.7 Å². The van der Waals surface area contributed by atoms with Gasteiger partial charge in [0.1, 0.15) is 0 Å². The molecule has 0 heterocycles. The highest BCUT2D eigenvalue weighted by molar-refractivity contribution is 5.99. The monoisotopic (exact) mass is 690 g/mol. The summed E-state index contributed by atoms with van der Waals surface area (Å²) >= 11 is 0. The molecule has 5 aromatic carbocycles. The van der Waals surface area contributed by atoms with Crippen LogP contribution in [0.25, 0.3) is 21.5 Å². The molecular formula is C48H50O4. The lowest BCUT2D eigenvalue weighted by Crippen LogP contribution is -2.06. The van der Waals surface area contributed by atoms with Gasteiger partial charge in [-0.2, -0.15) is 0 Å². The molecule has 5 aromatic rings. The van der Waals surface area contributed by atoms with Gasteiger partial charge in [-0.1, -0.05) is 114 Å². The van der Waals surface area contributed by atoms with Gasteiger partial charge in [-0.15, -0.1) is 0 Å². The van der Waals surface area contributed by atoms with Gasteiger partial charge >= 0.3 is 11.9 Å². The molecule has 0 unspecified atom stereocenters. The summed E-state index contributed by atoms with van der Waals surface area (Å²) in [6.07, 6.45) is 13.9.